The minimum Gasteiger partial charge on any atom is -0.493 e. The average molecular weight is 217 g/mol. The van der Waals surface area contributed by atoms with Crippen LogP contribution in [0.25, 0.3) is 0 Å². The zero-order valence-corrected chi connectivity index (χ0v) is 8.47. The van der Waals surface area contributed by atoms with Gasteiger partial charge in [0.05, 0.1) is 18.1 Å². The molecule has 0 heterocycles. The Balaban J connectivity index is 3.08. The number of carbonyl (C=O) groups excluding carboxylic acids is 1. The predicted molar refractivity (Wildman–Crippen MR) is 52.6 cm³/mol. The Morgan fingerprint density at radius 3 is 2.86 bits per heavy atom. The second-order valence-electron chi connectivity index (χ2n) is 2.63. The third-order valence-corrected chi connectivity index (χ3v) is 1.91. The summed E-state index contributed by atoms with van der Waals surface area (Å²) in [4.78, 5) is 11.3. The van der Waals surface area contributed by atoms with Gasteiger partial charge < -0.3 is 4.74 Å². The molecule has 0 aliphatic heterocycles. The molecule has 0 bridgehead atoms. The molecule has 1 aromatic rings. The summed E-state index contributed by atoms with van der Waals surface area (Å²) in [5.74, 6) is -0.611. The first-order valence-electron chi connectivity index (χ1n) is 4.20. The SMILES string of the molecule is CCOc1ccc(F)cc1C(=O)CCl. The zero-order valence-electron chi connectivity index (χ0n) is 7.72. The number of ketones is 1. The normalized spacial score (nSPS) is 9.93. The summed E-state index contributed by atoms with van der Waals surface area (Å²) in [6.07, 6.45) is 0. The van der Waals surface area contributed by atoms with Gasteiger partial charge in [0.2, 0.25) is 0 Å². The lowest BCUT2D eigenvalue weighted by Crippen LogP contribution is -2.05. The Kier molecular flexibility index (Phi) is 3.89. The molecule has 4 heteroatoms. The summed E-state index contributed by atoms with van der Waals surface area (Å²) >= 11 is 5.38. The average Bonchev–Trinajstić information content (AvgIpc) is 2.20. The number of alkyl halides is 1. The Labute approximate surface area is 86.6 Å². The molecule has 0 saturated carbocycles. The largest absolute Gasteiger partial charge is 0.493 e. The van der Waals surface area contributed by atoms with E-state index in [-0.39, 0.29) is 17.2 Å². The molecule has 0 unspecified atom stereocenters. The quantitative estimate of drug-likeness (QED) is 0.571. The number of benzene rings is 1. The summed E-state index contributed by atoms with van der Waals surface area (Å²) in [5.41, 5.74) is 0.196. The maximum atomic E-state index is 12.8. The van der Waals surface area contributed by atoms with Gasteiger partial charge >= 0.3 is 0 Å². The monoisotopic (exact) mass is 216 g/mol. The first kappa shape index (κ1) is 11.0. The molecule has 76 valence electrons. The molecule has 0 aliphatic carbocycles. The van der Waals surface area contributed by atoms with Gasteiger partial charge in [-0.2, -0.15) is 0 Å². The molecule has 0 aliphatic rings. The molecular formula is C10H10ClFO2. The number of hydrogen-bond acceptors (Lipinski definition) is 2. The van der Waals surface area contributed by atoms with Crippen LogP contribution in [-0.2, 0) is 0 Å². The van der Waals surface area contributed by atoms with E-state index in [0.29, 0.717) is 12.4 Å². The van der Waals surface area contributed by atoms with Crippen LogP contribution in [0.3, 0.4) is 0 Å². The highest BCUT2D eigenvalue weighted by atomic mass is 35.5. The highest BCUT2D eigenvalue weighted by molar-refractivity contribution is 6.30. The van der Waals surface area contributed by atoms with Crippen molar-refractivity contribution in [3.8, 4) is 5.75 Å². The van der Waals surface area contributed by atoms with E-state index >= 15 is 0 Å². The highest BCUT2D eigenvalue weighted by Gasteiger charge is 2.12. The van der Waals surface area contributed by atoms with Crippen LogP contribution in [-0.4, -0.2) is 18.3 Å². The maximum Gasteiger partial charge on any atom is 0.181 e. The van der Waals surface area contributed by atoms with Crippen LogP contribution in [0.1, 0.15) is 17.3 Å². The van der Waals surface area contributed by atoms with Crippen molar-refractivity contribution in [3.63, 3.8) is 0 Å². The smallest absolute Gasteiger partial charge is 0.181 e. The minimum atomic E-state index is -0.470. The zero-order chi connectivity index (χ0) is 10.6. The van der Waals surface area contributed by atoms with E-state index in [2.05, 4.69) is 0 Å². The van der Waals surface area contributed by atoms with E-state index in [1.54, 1.807) is 6.92 Å². The highest BCUT2D eigenvalue weighted by Crippen LogP contribution is 2.20. The fourth-order valence-corrected chi connectivity index (χ4v) is 1.22. The van der Waals surface area contributed by atoms with Gasteiger partial charge in [-0.05, 0) is 25.1 Å². The lowest BCUT2D eigenvalue weighted by atomic mass is 10.1. The molecule has 0 amide bonds. The summed E-state index contributed by atoms with van der Waals surface area (Å²) in [5, 5.41) is 0. The predicted octanol–water partition coefficient (Wildman–Crippen LogP) is 2.65. The molecule has 1 aromatic carbocycles. The molecule has 0 saturated heterocycles. The molecule has 0 radical (unpaired) electrons. The number of Topliss-reactive ketones (excluding diaryl/α,β-unsaturated/α-hetero) is 1. The van der Waals surface area contributed by atoms with Crippen molar-refractivity contribution in [2.75, 3.05) is 12.5 Å². The Bertz CT molecular complexity index is 339. The lowest BCUT2D eigenvalue weighted by Gasteiger charge is -2.07. The van der Waals surface area contributed by atoms with Gasteiger partial charge in [0.15, 0.2) is 5.78 Å². The van der Waals surface area contributed by atoms with Gasteiger partial charge in [0.25, 0.3) is 0 Å². The third kappa shape index (κ3) is 2.45. The van der Waals surface area contributed by atoms with E-state index in [1.807, 2.05) is 0 Å². The van der Waals surface area contributed by atoms with Gasteiger partial charge in [-0.15, -0.1) is 11.6 Å². The van der Waals surface area contributed by atoms with Gasteiger partial charge in [-0.3, -0.25) is 4.79 Å². The van der Waals surface area contributed by atoms with E-state index in [1.165, 1.54) is 12.1 Å². The van der Waals surface area contributed by atoms with Gasteiger partial charge in [0.1, 0.15) is 11.6 Å². The van der Waals surface area contributed by atoms with Crippen molar-refractivity contribution in [1.29, 1.82) is 0 Å². The van der Waals surface area contributed by atoms with E-state index in [4.69, 9.17) is 16.3 Å². The summed E-state index contributed by atoms with van der Waals surface area (Å²) in [6, 6.07) is 3.81. The van der Waals surface area contributed by atoms with Gasteiger partial charge in [-0.1, -0.05) is 0 Å². The minimum absolute atomic E-state index is 0.177. The van der Waals surface area contributed by atoms with Crippen LogP contribution in [0.15, 0.2) is 18.2 Å². The first-order chi connectivity index (χ1) is 6.69. The van der Waals surface area contributed by atoms with Crippen LogP contribution in [0, 0.1) is 5.82 Å². The molecular weight excluding hydrogens is 207 g/mol. The van der Waals surface area contributed by atoms with Crippen molar-refractivity contribution in [2.45, 2.75) is 6.92 Å². The van der Waals surface area contributed by atoms with Crippen molar-refractivity contribution in [2.24, 2.45) is 0 Å². The van der Waals surface area contributed by atoms with Gasteiger partial charge in [-0.25, -0.2) is 4.39 Å². The van der Waals surface area contributed by atoms with E-state index < -0.39 is 5.82 Å². The first-order valence-corrected chi connectivity index (χ1v) is 4.74. The number of hydrogen-bond donors (Lipinski definition) is 0. The Morgan fingerprint density at radius 1 is 1.57 bits per heavy atom. The second kappa shape index (κ2) is 4.96. The van der Waals surface area contributed by atoms with E-state index in [9.17, 15) is 9.18 Å². The number of rotatable bonds is 4. The summed E-state index contributed by atoms with van der Waals surface area (Å²) in [7, 11) is 0. The second-order valence-corrected chi connectivity index (χ2v) is 2.90. The van der Waals surface area contributed by atoms with Crippen molar-refractivity contribution >= 4 is 17.4 Å². The fraction of sp³-hybridized carbons (Fsp3) is 0.300. The van der Waals surface area contributed by atoms with Crippen LogP contribution in [0.2, 0.25) is 0 Å². The molecule has 14 heavy (non-hydrogen) atoms. The standard InChI is InChI=1S/C10H10ClFO2/c1-2-14-10-4-3-7(12)5-8(10)9(13)6-11/h3-5H,2,6H2,1H3. The molecule has 2 nitrogen and oxygen atoms in total. The lowest BCUT2D eigenvalue weighted by molar-refractivity contribution is 0.101. The Morgan fingerprint density at radius 2 is 2.29 bits per heavy atom. The van der Waals surface area contributed by atoms with Crippen molar-refractivity contribution in [1.82, 2.24) is 0 Å². The fourth-order valence-electron chi connectivity index (χ4n) is 1.07. The summed E-state index contributed by atoms with van der Waals surface area (Å²) in [6.45, 7) is 2.21. The summed E-state index contributed by atoms with van der Waals surface area (Å²) < 4.78 is 18.0. The Hall–Kier alpha value is -1.09. The van der Waals surface area contributed by atoms with E-state index in [0.717, 1.165) is 6.07 Å². The van der Waals surface area contributed by atoms with Crippen molar-refractivity contribution < 1.29 is 13.9 Å². The van der Waals surface area contributed by atoms with Gasteiger partial charge in [0, 0.05) is 0 Å². The maximum absolute atomic E-state index is 12.8. The molecule has 0 spiro atoms. The molecule has 0 aromatic heterocycles. The van der Waals surface area contributed by atoms with Crippen molar-refractivity contribution in [3.05, 3.63) is 29.6 Å². The van der Waals surface area contributed by atoms with Crippen LogP contribution >= 0.6 is 11.6 Å². The molecule has 1 rings (SSSR count). The topological polar surface area (TPSA) is 26.3 Å². The number of carbonyl (C=O) groups is 1. The number of halogens is 2. The molecule has 0 fully saturated rings. The number of ether oxygens (including phenoxy) is 1. The molecule has 0 N–H and O–H groups in total. The third-order valence-electron chi connectivity index (χ3n) is 1.66. The van der Waals surface area contributed by atoms with Crippen LogP contribution in [0.4, 0.5) is 4.39 Å². The van der Waals surface area contributed by atoms with Crippen LogP contribution < -0.4 is 4.74 Å². The molecule has 0 atom stereocenters. The van der Waals surface area contributed by atoms with Crippen LogP contribution in [0.5, 0.6) is 5.75 Å².